The minimum absolute atomic E-state index is 0.479. The molecule has 20 heavy (non-hydrogen) atoms. The van der Waals surface area contributed by atoms with Gasteiger partial charge in [0.15, 0.2) is 0 Å². The van der Waals surface area contributed by atoms with Crippen LogP contribution in [0.4, 0.5) is 0 Å². The van der Waals surface area contributed by atoms with Crippen molar-refractivity contribution in [3.8, 4) is 0 Å². The van der Waals surface area contributed by atoms with Crippen LogP contribution in [0.3, 0.4) is 0 Å². The fraction of sp³-hybridized carbons (Fsp3) is 0.400. The topological polar surface area (TPSA) is 38.0 Å². The molecule has 0 bridgehead atoms. The Hall–Kier alpha value is -0.840. The lowest BCUT2D eigenvalue weighted by Crippen LogP contribution is -2.07. The second kappa shape index (κ2) is 6.29. The molecule has 0 spiro atoms. The van der Waals surface area contributed by atoms with Crippen LogP contribution in [0.5, 0.6) is 0 Å². The van der Waals surface area contributed by atoms with Crippen LogP contribution < -0.4 is 0 Å². The molecule has 1 unspecified atom stereocenters. The van der Waals surface area contributed by atoms with Crippen LogP contribution in [0.1, 0.15) is 35.5 Å². The Bertz CT molecular complexity index is 625. The van der Waals surface area contributed by atoms with Crippen molar-refractivity contribution >= 4 is 27.5 Å². The molecule has 3 nitrogen and oxygen atoms in total. The summed E-state index contributed by atoms with van der Waals surface area (Å²) in [6, 6.07) is 5.71. The van der Waals surface area contributed by atoms with Gasteiger partial charge < -0.3 is 5.11 Å². The average Bonchev–Trinajstić information content (AvgIpc) is 2.66. The standard InChI is InChI=1S/C15H18BrClN2O/c1-4-12-15(16)13(19(3)18-12)8-14(20)10-6-5-9(2)7-11(10)17/h5-7,14,20H,4,8H2,1-3H3. The monoisotopic (exact) mass is 356 g/mol. The van der Waals surface area contributed by atoms with Crippen molar-refractivity contribution in [2.75, 3.05) is 0 Å². The number of hydrogen-bond donors (Lipinski definition) is 1. The van der Waals surface area contributed by atoms with E-state index in [2.05, 4.69) is 28.0 Å². The smallest absolute Gasteiger partial charge is 0.0860 e. The van der Waals surface area contributed by atoms with E-state index in [0.717, 1.165) is 33.4 Å². The van der Waals surface area contributed by atoms with Gasteiger partial charge >= 0.3 is 0 Å². The number of aromatic nitrogens is 2. The number of aryl methyl sites for hydroxylation is 3. The van der Waals surface area contributed by atoms with Crippen molar-refractivity contribution in [3.05, 3.63) is 50.2 Å². The fourth-order valence-corrected chi connectivity index (χ4v) is 3.38. The molecule has 2 rings (SSSR count). The fourth-order valence-electron chi connectivity index (χ4n) is 2.24. The SMILES string of the molecule is CCc1nn(C)c(CC(O)c2ccc(C)cc2Cl)c1Br. The van der Waals surface area contributed by atoms with Gasteiger partial charge in [0.25, 0.3) is 0 Å². The van der Waals surface area contributed by atoms with Gasteiger partial charge in [-0.05, 0) is 46.5 Å². The number of halogens is 2. The summed E-state index contributed by atoms with van der Waals surface area (Å²) >= 11 is 9.77. The second-order valence-corrected chi connectivity index (χ2v) is 6.13. The van der Waals surface area contributed by atoms with Crippen LogP contribution in [0, 0.1) is 6.92 Å². The Labute approximate surface area is 132 Å². The Morgan fingerprint density at radius 2 is 2.15 bits per heavy atom. The van der Waals surface area contributed by atoms with Crippen LogP contribution >= 0.6 is 27.5 Å². The lowest BCUT2D eigenvalue weighted by Gasteiger charge is -2.14. The summed E-state index contributed by atoms with van der Waals surface area (Å²) in [5.74, 6) is 0. The van der Waals surface area contributed by atoms with Crippen molar-refractivity contribution in [3.63, 3.8) is 0 Å². The maximum Gasteiger partial charge on any atom is 0.0860 e. The molecule has 0 aliphatic rings. The summed E-state index contributed by atoms with van der Waals surface area (Å²) in [4.78, 5) is 0. The number of hydrogen-bond acceptors (Lipinski definition) is 2. The summed E-state index contributed by atoms with van der Waals surface area (Å²) in [5, 5.41) is 15.5. The molecule has 0 aliphatic carbocycles. The van der Waals surface area contributed by atoms with E-state index in [1.165, 1.54) is 0 Å². The maximum atomic E-state index is 10.4. The lowest BCUT2D eigenvalue weighted by molar-refractivity contribution is 0.175. The molecule has 1 aromatic heterocycles. The molecule has 1 atom stereocenters. The average molecular weight is 358 g/mol. The van der Waals surface area contributed by atoms with E-state index in [1.54, 1.807) is 0 Å². The lowest BCUT2D eigenvalue weighted by atomic mass is 10.0. The Kier molecular flexibility index (Phi) is 4.89. The highest BCUT2D eigenvalue weighted by Crippen LogP contribution is 2.30. The number of rotatable bonds is 4. The molecule has 1 aromatic carbocycles. The largest absolute Gasteiger partial charge is 0.388 e. The summed E-state index contributed by atoms with van der Waals surface area (Å²) in [5.41, 5.74) is 3.82. The van der Waals surface area contributed by atoms with Gasteiger partial charge in [0.1, 0.15) is 0 Å². The van der Waals surface area contributed by atoms with Crippen LogP contribution in [0.15, 0.2) is 22.7 Å². The Balaban J connectivity index is 2.27. The minimum atomic E-state index is -0.639. The molecule has 0 fully saturated rings. The normalized spacial score (nSPS) is 12.7. The number of aliphatic hydroxyl groups excluding tert-OH is 1. The highest BCUT2D eigenvalue weighted by atomic mass is 79.9. The van der Waals surface area contributed by atoms with Gasteiger partial charge in [0.05, 0.1) is 22.0 Å². The first-order valence-corrected chi connectivity index (χ1v) is 7.75. The first-order valence-electron chi connectivity index (χ1n) is 6.58. The summed E-state index contributed by atoms with van der Waals surface area (Å²) in [6.45, 7) is 4.04. The third kappa shape index (κ3) is 3.08. The van der Waals surface area contributed by atoms with Crippen molar-refractivity contribution in [2.45, 2.75) is 32.8 Å². The van der Waals surface area contributed by atoms with Gasteiger partial charge in [-0.25, -0.2) is 0 Å². The van der Waals surface area contributed by atoms with E-state index in [9.17, 15) is 5.11 Å². The van der Waals surface area contributed by atoms with Crippen molar-refractivity contribution < 1.29 is 5.11 Å². The van der Waals surface area contributed by atoms with E-state index in [4.69, 9.17) is 11.6 Å². The number of aliphatic hydroxyl groups is 1. The highest BCUT2D eigenvalue weighted by Gasteiger charge is 2.19. The van der Waals surface area contributed by atoms with E-state index in [-0.39, 0.29) is 0 Å². The molecule has 5 heteroatoms. The first kappa shape index (κ1) is 15.5. The van der Waals surface area contributed by atoms with Gasteiger partial charge in [-0.1, -0.05) is 30.7 Å². The predicted molar refractivity (Wildman–Crippen MR) is 85.1 cm³/mol. The van der Waals surface area contributed by atoms with Gasteiger partial charge in [-0.2, -0.15) is 5.10 Å². The summed E-state index contributed by atoms with van der Waals surface area (Å²) in [6.07, 6.45) is 0.697. The third-order valence-electron chi connectivity index (χ3n) is 3.40. The van der Waals surface area contributed by atoms with Crippen molar-refractivity contribution in [1.82, 2.24) is 9.78 Å². The maximum absolute atomic E-state index is 10.4. The third-order valence-corrected chi connectivity index (χ3v) is 4.65. The molecular weight excluding hydrogens is 340 g/mol. The highest BCUT2D eigenvalue weighted by molar-refractivity contribution is 9.10. The Morgan fingerprint density at radius 1 is 1.45 bits per heavy atom. The molecule has 1 N–H and O–H groups in total. The van der Waals surface area contributed by atoms with Crippen LogP contribution in [-0.2, 0) is 19.9 Å². The van der Waals surface area contributed by atoms with Gasteiger partial charge in [-0.15, -0.1) is 0 Å². The van der Waals surface area contributed by atoms with E-state index < -0.39 is 6.10 Å². The summed E-state index contributed by atoms with van der Waals surface area (Å²) < 4.78 is 2.79. The first-order chi connectivity index (χ1) is 9.43. The Morgan fingerprint density at radius 3 is 2.70 bits per heavy atom. The molecule has 2 aromatic rings. The predicted octanol–water partition coefficient (Wildman–Crippen LogP) is 3.98. The molecule has 0 saturated carbocycles. The van der Waals surface area contributed by atoms with Crippen LogP contribution in [0.2, 0.25) is 5.02 Å². The molecule has 0 radical (unpaired) electrons. The zero-order valence-electron chi connectivity index (χ0n) is 11.8. The number of benzene rings is 1. The van der Waals surface area contributed by atoms with Gasteiger partial charge in [0.2, 0.25) is 0 Å². The second-order valence-electron chi connectivity index (χ2n) is 4.93. The van der Waals surface area contributed by atoms with Gasteiger partial charge in [-0.3, -0.25) is 4.68 Å². The molecule has 0 aliphatic heterocycles. The molecule has 0 amide bonds. The van der Waals surface area contributed by atoms with Crippen molar-refractivity contribution in [2.24, 2.45) is 7.05 Å². The van der Waals surface area contributed by atoms with Crippen molar-refractivity contribution in [1.29, 1.82) is 0 Å². The quantitative estimate of drug-likeness (QED) is 0.898. The van der Waals surface area contributed by atoms with Gasteiger partial charge in [0, 0.05) is 18.5 Å². The van der Waals surface area contributed by atoms with E-state index >= 15 is 0 Å². The van der Waals surface area contributed by atoms with E-state index in [0.29, 0.717) is 11.4 Å². The summed E-state index contributed by atoms with van der Waals surface area (Å²) in [7, 11) is 1.89. The van der Waals surface area contributed by atoms with Crippen LogP contribution in [-0.4, -0.2) is 14.9 Å². The molecule has 0 saturated heterocycles. The van der Waals surface area contributed by atoms with E-state index in [1.807, 2.05) is 36.9 Å². The zero-order valence-corrected chi connectivity index (χ0v) is 14.2. The zero-order chi connectivity index (χ0) is 14.9. The minimum Gasteiger partial charge on any atom is -0.388 e. The molecule has 1 heterocycles. The molecule has 108 valence electrons. The van der Waals surface area contributed by atoms with Crippen LogP contribution in [0.25, 0.3) is 0 Å². The molecular formula is C15H18BrClN2O. The number of nitrogens with zero attached hydrogens (tertiary/aromatic N) is 2.